The van der Waals surface area contributed by atoms with Gasteiger partial charge in [-0.25, -0.2) is 0 Å². The fourth-order valence-corrected chi connectivity index (χ4v) is 666. The van der Waals surface area contributed by atoms with Crippen molar-refractivity contribution in [1.29, 1.82) is 0 Å². The fourth-order valence-electron chi connectivity index (χ4n) is 2.74. The zero-order valence-corrected chi connectivity index (χ0v) is 73.7. The van der Waals surface area contributed by atoms with Gasteiger partial charge >= 0.3 is 0 Å². The maximum atomic E-state index is 4.30. The number of hydrogen-bond acceptors (Lipinski definition) is 0. The van der Waals surface area contributed by atoms with Gasteiger partial charge in [-0.2, -0.15) is 0 Å². The highest BCUT2D eigenvalue weighted by Crippen LogP contribution is 3.45. The van der Waals surface area contributed by atoms with Crippen molar-refractivity contribution in [2.45, 2.75) is 0 Å². The molecule has 0 aromatic rings. The van der Waals surface area contributed by atoms with E-state index >= 15 is 0 Å². The summed E-state index contributed by atoms with van der Waals surface area (Å²) in [5, 5.41) is 0. The molecular weight excluding hydrogens is 1490 g/mol. The van der Waals surface area contributed by atoms with Crippen LogP contribution in [0.3, 0.4) is 0 Å². The molecule has 288 valence electrons. The molecular formula is H48P48. The third-order valence-corrected chi connectivity index (χ3v) is 332. The van der Waals surface area contributed by atoms with Crippen LogP contribution in [-0.4, -0.2) is 0 Å². The third-order valence-electron chi connectivity index (χ3n) is 4.10. The van der Waals surface area contributed by atoms with Crippen molar-refractivity contribution in [1.82, 2.24) is 0 Å². The summed E-state index contributed by atoms with van der Waals surface area (Å²) in [6, 6.07) is 0. The van der Waals surface area contributed by atoms with Crippen LogP contribution in [0.1, 0.15) is 0 Å². The van der Waals surface area contributed by atoms with E-state index < -0.39 is 0 Å². The molecule has 26 unspecified atom stereocenters. The largest absolute Gasteiger partial charge is 0.102 e. The monoisotopic (exact) mass is 1540 g/mol. The van der Waals surface area contributed by atoms with Gasteiger partial charge in [0, 0.05) is 0 Å². The quantitative estimate of drug-likeness (QED) is 0.0948. The predicted molar refractivity (Wildman–Crippen MR) is 399 cm³/mol. The minimum absolute atomic E-state index is 0.126. The molecule has 2 radical (unpaired) electrons. The van der Waals surface area contributed by atoms with Crippen LogP contribution in [0.2, 0.25) is 0 Å². The summed E-state index contributed by atoms with van der Waals surface area (Å²) in [6.07, 6.45) is 0. The van der Waals surface area contributed by atoms with Crippen molar-refractivity contribution in [2.75, 3.05) is 0 Å². The van der Waals surface area contributed by atoms with Gasteiger partial charge in [-0.15, -0.1) is 205 Å². The van der Waals surface area contributed by atoms with E-state index in [1.54, 1.807) is 0 Å². The van der Waals surface area contributed by atoms with E-state index in [-0.39, 0.29) is 161 Å². The van der Waals surface area contributed by atoms with Crippen molar-refractivity contribution in [3.8, 4) is 0 Å². The molecule has 0 saturated carbocycles. The molecule has 0 amide bonds. The van der Waals surface area contributed by atoms with Crippen molar-refractivity contribution in [3.05, 3.63) is 0 Å². The van der Waals surface area contributed by atoms with Gasteiger partial charge in [0.15, 0.2) is 0 Å². The van der Waals surface area contributed by atoms with Crippen molar-refractivity contribution in [3.63, 3.8) is 0 Å². The maximum Gasteiger partial charge on any atom is -0.0000153 e. The number of hydrogen-bond donors (Lipinski definition) is 0. The zero-order chi connectivity index (χ0) is 38.3. The molecule has 0 bridgehead atoms. The smallest absolute Gasteiger partial charge is 0.0000153 e. The second-order valence-corrected chi connectivity index (χ2v) is 202. The van der Waals surface area contributed by atoms with E-state index in [2.05, 4.69) is 223 Å². The topological polar surface area (TPSA) is 0 Å². The maximum absolute atomic E-state index is 4.30. The molecule has 0 aliphatic heterocycles. The van der Waals surface area contributed by atoms with E-state index in [1.165, 1.54) is 0 Å². The lowest BCUT2D eigenvalue weighted by Gasteiger charge is -2.58. The standard InChI is InChI=1S/H48P48/c1-26(2)38(25)44(37(23)24)47(43(35(19)20)36(21)22)48(45(39(27(3)4)28(5)6)40(29(7)8)30(9)10)46(41(31(11)12)32(13)14)42(33(15)16)34(17)18/h1-2H,3-25H2. The van der Waals surface area contributed by atoms with Gasteiger partial charge < -0.3 is 0 Å². The van der Waals surface area contributed by atoms with Crippen LogP contribution < -0.4 is 0 Å². The Morgan fingerprint density at radius 1 is 0.188 bits per heavy atom. The van der Waals surface area contributed by atoms with Gasteiger partial charge in [-0.05, 0) is 161 Å². The molecule has 0 saturated heterocycles. The lowest BCUT2D eigenvalue weighted by Crippen LogP contribution is -1.70. The van der Waals surface area contributed by atoms with Crippen molar-refractivity contribution in [2.24, 2.45) is 0 Å². The van der Waals surface area contributed by atoms with Gasteiger partial charge in [0.2, 0.25) is 0 Å². The Bertz CT molecular complexity index is 695. The van der Waals surface area contributed by atoms with Crippen molar-refractivity contribution < 1.29 is 0 Å². The molecule has 0 nitrogen and oxygen atoms in total. The zero-order valence-electron chi connectivity index (χ0n) is 24.6. The molecule has 0 aliphatic carbocycles. The van der Waals surface area contributed by atoms with Crippen LogP contribution >= 0.6 is 384 Å². The Kier molecular flexibility index (Phi) is 53.5. The molecule has 0 spiro atoms. The second kappa shape index (κ2) is 37.4. The van der Waals surface area contributed by atoms with E-state index in [1.807, 2.05) is 0 Å². The molecule has 48 heteroatoms. The molecule has 0 aromatic heterocycles. The minimum atomic E-state index is -0.370. The highest BCUT2D eigenvalue weighted by Gasteiger charge is 2.58. The Hall–Kier alpha value is 20.6. The van der Waals surface area contributed by atoms with Gasteiger partial charge in [0.05, 0.1) is 0 Å². The normalized spacial score (nSPS) is 16.2. The Balaban J connectivity index is 9.31. The number of rotatable bonds is 22. The van der Waals surface area contributed by atoms with Gasteiger partial charge in [0.25, 0.3) is 0 Å². The van der Waals surface area contributed by atoms with E-state index in [0.29, 0.717) is 0 Å². The summed E-state index contributed by atoms with van der Waals surface area (Å²) >= 11 is 0. The molecule has 0 heterocycles. The first-order valence-corrected chi connectivity index (χ1v) is 97.1. The summed E-state index contributed by atoms with van der Waals surface area (Å²) in [5.41, 5.74) is 0. The highest BCUT2D eigenvalue weighted by molar-refractivity contribution is 9.51. The van der Waals surface area contributed by atoms with E-state index in [0.717, 1.165) is 0 Å². The van der Waals surface area contributed by atoms with E-state index in [4.69, 9.17) is 0 Å². The second-order valence-electron chi connectivity index (χ2n) is 7.50. The SMILES string of the molecule is [PH]P([PH])P(P)P(P(P)P)P(P(P(P)P)P(P)P)P(P(P(P(P)P)P(P)P)P(P(P)P)P(P)P)P(P(P(P)P)P(P)P)P(P(P)P)P(P)P. The Labute approximate surface area is 378 Å². The molecule has 0 fully saturated rings. The van der Waals surface area contributed by atoms with Gasteiger partial charge in [0.1, 0.15) is 0 Å². The summed E-state index contributed by atoms with van der Waals surface area (Å²) < 4.78 is 0. The van der Waals surface area contributed by atoms with Gasteiger partial charge in [-0.1, -0.05) is 17.9 Å². The van der Waals surface area contributed by atoms with Crippen LogP contribution in [-0.2, 0) is 0 Å². The summed E-state index contributed by atoms with van der Waals surface area (Å²) in [4.78, 5) is 0. The predicted octanol–water partition coefficient (Wildman–Crippen LogP) is 28.5. The van der Waals surface area contributed by atoms with Crippen LogP contribution in [0.5, 0.6) is 0 Å². The summed E-state index contributed by atoms with van der Waals surface area (Å²) in [6.45, 7) is -4.22. The minimum Gasteiger partial charge on any atom is -0.102 e. The Morgan fingerprint density at radius 3 is 0.438 bits per heavy atom. The van der Waals surface area contributed by atoms with Gasteiger partial charge in [-0.3, -0.25) is 0 Å². The first-order chi connectivity index (χ1) is 21.8. The molecule has 48 heavy (non-hydrogen) atoms. The molecule has 0 aromatic carbocycles. The molecule has 0 N–H and O–H groups in total. The summed E-state index contributed by atoms with van der Waals surface area (Å²) in [5.74, 6) is 0. The average Bonchev–Trinajstić information content (AvgIpc) is 2.86. The van der Waals surface area contributed by atoms with Crippen LogP contribution in [0.4, 0.5) is 0 Å². The molecule has 0 aliphatic rings. The summed E-state index contributed by atoms with van der Waals surface area (Å²) in [7, 11) is 88.1. The van der Waals surface area contributed by atoms with Crippen LogP contribution in [0.15, 0.2) is 0 Å². The fraction of sp³-hybridized carbons (Fsp3) is 0. The first kappa shape index (κ1) is 68.6. The van der Waals surface area contributed by atoms with Crippen LogP contribution in [0, 0.1) is 0 Å². The Morgan fingerprint density at radius 2 is 0.312 bits per heavy atom. The van der Waals surface area contributed by atoms with Crippen LogP contribution in [0.25, 0.3) is 0 Å². The average molecular weight is 1540 g/mol. The third kappa shape index (κ3) is 24.3. The van der Waals surface area contributed by atoms with Crippen molar-refractivity contribution >= 4 is 384 Å². The lowest BCUT2D eigenvalue weighted by molar-refractivity contribution is 4.36. The molecule has 26 atom stereocenters. The first-order valence-electron chi connectivity index (χ1n) is 10.8. The lowest BCUT2D eigenvalue weighted by atomic mass is 28.4. The molecule has 0 rings (SSSR count). The highest BCUT2D eigenvalue weighted by atomic mass is 33.6. The van der Waals surface area contributed by atoms with E-state index in [9.17, 15) is 0 Å².